The van der Waals surface area contributed by atoms with Crippen molar-refractivity contribution in [2.45, 2.75) is 18.4 Å². The molecule has 0 fully saturated rings. The molecule has 0 unspecified atom stereocenters. The van der Waals surface area contributed by atoms with Gasteiger partial charge in [0, 0.05) is 12.1 Å². The largest absolute Gasteiger partial charge is 0.508 e. The van der Waals surface area contributed by atoms with E-state index in [1.807, 2.05) is 0 Å². The molecule has 6 heteroatoms. The van der Waals surface area contributed by atoms with Crippen LogP contribution < -0.4 is 4.72 Å². The molecule has 0 aliphatic heterocycles. The summed E-state index contributed by atoms with van der Waals surface area (Å²) in [7, 11) is -3.75. The Morgan fingerprint density at radius 3 is 2.55 bits per heavy atom. The molecule has 4 nitrogen and oxygen atoms in total. The van der Waals surface area contributed by atoms with E-state index in [0.29, 0.717) is 11.1 Å². The first-order chi connectivity index (χ1) is 9.40. The van der Waals surface area contributed by atoms with Gasteiger partial charge in [-0.2, -0.15) is 0 Å². The molecule has 0 aromatic heterocycles. The Labute approximate surface area is 116 Å². The van der Waals surface area contributed by atoms with Gasteiger partial charge in [0.25, 0.3) is 0 Å². The van der Waals surface area contributed by atoms with Crippen molar-refractivity contribution in [1.29, 1.82) is 0 Å². The average Bonchev–Trinajstić information content (AvgIpc) is 2.37. The van der Waals surface area contributed by atoms with E-state index in [1.54, 1.807) is 18.2 Å². The van der Waals surface area contributed by atoms with Gasteiger partial charge in [-0.1, -0.05) is 18.2 Å². The second-order valence-electron chi connectivity index (χ2n) is 4.36. The molecular weight excluding hydrogens is 281 g/mol. The molecule has 0 radical (unpaired) electrons. The molecular formula is C14H14FNO3S. The fraction of sp³-hybridized carbons (Fsp3) is 0.143. The third-order valence-corrected chi connectivity index (χ3v) is 4.43. The number of aryl methyl sites for hydroxylation is 1. The number of rotatable bonds is 4. The van der Waals surface area contributed by atoms with E-state index in [0.717, 1.165) is 12.1 Å². The van der Waals surface area contributed by atoms with E-state index in [-0.39, 0.29) is 17.2 Å². The molecule has 0 atom stereocenters. The Kier molecular flexibility index (Phi) is 4.06. The lowest BCUT2D eigenvalue weighted by atomic mass is 10.2. The molecule has 0 bridgehead atoms. The van der Waals surface area contributed by atoms with Crippen molar-refractivity contribution < 1.29 is 17.9 Å². The van der Waals surface area contributed by atoms with Gasteiger partial charge >= 0.3 is 0 Å². The number of hydrogen-bond acceptors (Lipinski definition) is 3. The smallest absolute Gasteiger partial charge is 0.241 e. The molecule has 0 saturated heterocycles. The van der Waals surface area contributed by atoms with Crippen LogP contribution in [0.3, 0.4) is 0 Å². The van der Waals surface area contributed by atoms with Crippen molar-refractivity contribution in [3.05, 3.63) is 59.4 Å². The van der Waals surface area contributed by atoms with Gasteiger partial charge in [-0.25, -0.2) is 17.5 Å². The Morgan fingerprint density at radius 2 is 1.90 bits per heavy atom. The highest BCUT2D eigenvalue weighted by atomic mass is 32.2. The molecule has 0 amide bonds. The minimum absolute atomic E-state index is 0.0195. The molecule has 20 heavy (non-hydrogen) atoms. The van der Waals surface area contributed by atoms with E-state index >= 15 is 0 Å². The summed E-state index contributed by atoms with van der Waals surface area (Å²) >= 11 is 0. The highest BCUT2D eigenvalue weighted by molar-refractivity contribution is 7.89. The number of hydrogen-bond donors (Lipinski definition) is 2. The first-order valence-electron chi connectivity index (χ1n) is 5.93. The predicted octanol–water partition coefficient (Wildman–Crippen LogP) is 2.32. The quantitative estimate of drug-likeness (QED) is 0.909. The minimum Gasteiger partial charge on any atom is -0.508 e. The standard InChI is InChI=1S/C14H14FNO3S/c1-10-8-12(15)6-7-14(10)20(18,19)16-9-11-4-2-3-5-13(11)17/h2-8,16-17H,9H2,1H3. The maximum atomic E-state index is 13.0. The molecule has 0 spiro atoms. The van der Waals surface area contributed by atoms with Gasteiger partial charge in [-0.05, 0) is 36.8 Å². The van der Waals surface area contributed by atoms with Crippen molar-refractivity contribution in [1.82, 2.24) is 4.72 Å². The van der Waals surface area contributed by atoms with Crippen molar-refractivity contribution in [2.75, 3.05) is 0 Å². The number of sulfonamides is 1. The summed E-state index contributed by atoms with van der Waals surface area (Å²) in [6.45, 7) is 1.49. The Bertz CT molecular complexity index is 729. The Morgan fingerprint density at radius 1 is 1.20 bits per heavy atom. The van der Waals surface area contributed by atoms with Crippen molar-refractivity contribution in [3.63, 3.8) is 0 Å². The number of benzene rings is 2. The van der Waals surface area contributed by atoms with Gasteiger partial charge in [-0.15, -0.1) is 0 Å². The lowest BCUT2D eigenvalue weighted by Crippen LogP contribution is -2.24. The third kappa shape index (κ3) is 3.15. The lowest BCUT2D eigenvalue weighted by Gasteiger charge is -2.10. The molecule has 0 heterocycles. The van der Waals surface area contributed by atoms with E-state index in [2.05, 4.69) is 4.72 Å². The summed E-state index contributed by atoms with van der Waals surface area (Å²) in [6.07, 6.45) is 0. The number of phenolic OH excluding ortho intramolecular Hbond substituents is 1. The molecule has 106 valence electrons. The topological polar surface area (TPSA) is 66.4 Å². The second kappa shape index (κ2) is 5.60. The van der Waals surface area contributed by atoms with Gasteiger partial charge in [-0.3, -0.25) is 0 Å². The van der Waals surface area contributed by atoms with Crippen LogP contribution in [-0.4, -0.2) is 13.5 Å². The van der Waals surface area contributed by atoms with E-state index in [1.165, 1.54) is 19.1 Å². The molecule has 0 saturated carbocycles. The minimum atomic E-state index is -3.75. The van der Waals surface area contributed by atoms with Gasteiger partial charge in [0.05, 0.1) is 4.90 Å². The summed E-state index contributed by atoms with van der Waals surface area (Å²) in [5.74, 6) is -0.465. The number of nitrogens with one attached hydrogen (secondary N) is 1. The fourth-order valence-corrected chi connectivity index (χ4v) is 3.06. The summed E-state index contributed by atoms with van der Waals surface area (Å²) in [4.78, 5) is 0.0225. The molecule has 0 aliphatic carbocycles. The maximum absolute atomic E-state index is 13.0. The van der Waals surface area contributed by atoms with Crippen LogP contribution in [0.5, 0.6) is 5.75 Å². The SMILES string of the molecule is Cc1cc(F)ccc1S(=O)(=O)NCc1ccccc1O. The number of para-hydroxylation sites is 1. The first kappa shape index (κ1) is 14.5. The number of halogens is 1. The monoisotopic (exact) mass is 295 g/mol. The fourth-order valence-electron chi connectivity index (χ4n) is 1.83. The number of aromatic hydroxyl groups is 1. The Hall–Kier alpha value is -1.92. The first-order valence-corrected chi connectivity index (χ1v) is 7.41. The van der Waals surface area contributed by atoms with E-state index < -0.39 is 15.8 Å². The summed E-state index contributed by atoms with van der Waals surface area (Å²) < 4.78 is 39.6. The molecule has 0 aliphatic rings. The van der Waals surface area contributed by atoms with Crippen molar-refractivity contribution in [2.24, 2.45) is 0 Å². The summed E-state index contributed by atoms with van der Waals surface area (Å²) in [6, 6.07) is 9.93. The van der Waals surface area contributed by atoms with Crippen LogP contribution in [0.15, 0.2) is 47.4 Å². The van der Waals surface area contributed by atoms with Gasteiger partial charge in [0.2, 0.25) is 10.0 Å². The summed E-state index contributed by atoms with van der Waals surface area (Å²) in [5, 5.41) is 9.58. The van der Waals surface area contributed by atoms with Crippen molar-refractivity contribution in [3.8, 4) is 5.75 Å². The third-order valence-electron chi connectivity index (χ3n) is 2.87. The average molecular weight is 295 g/mol. The molecule has 2 N–H and O–H groups in total. The predicted molar refractivity (Wildman–Crippen MR) is 73.3 cm³/mol. The number of phenols is 1. The second-order valence-corrected chi connectivity index (χ2v) is 6.10. The maximum Gasteiger partial charge on any atom is 0.241 e. The summed E-state index contributed by atoms with van der Waals surface area (Å²) in [5.41, 5.74) is 0.797. The zero-order valence-electron chi connectivity index (χ0n) is 10.8. The van der Waals surface area contributed by atoms with E-state index in [4.69, 9.17) is 0 Å². The zero-order chi connectivity index (χ0) is 14.8. The molecule has 2 aromatic carbocycles. The van der Waals surface area contributed by atoms with Crippen molar-refractivity contribution >= 4 is 10.0 Å². The van der Waals surface area contributed by atoms with Crippen LogP contribution in [0.25, 0.3) is 0 Å². The van der Waals surface area contributed by atoms with Crippen LogP contribution in [0.4, 0.5) is 4.39 Å². The normalized spacial score (nSPS) is 11.5. The molecule has 2 aromatic rings. The highest BCUT2D eigenvalue weighted by Crippen LogP contribution is 2.19. The van der Waals surface area contributed by atoms with Gasteiger partial charge in [0.15, 0.2) is 0 Å². The lowest BCUT2D eigenvalue weighted by molar-refractivity contribution is 0.467. The highest BCUT2D eigenvalue weighted by Gasteiger charge is 2.17. The molecule has 2 rings (SSSR count). The van der Waals surface area contributed by atoms with Crippen LogP contribution >= 0.6 is 0 Å². The van der Waals surface area contributed by atoms with Crippen LogP contribution in [0.1, 0.15) is 11.1 Å². The van der Waals surface area contributed by atoms with E-state index in [9.17, 15) is 17.9 Å². The zero-order valence-corrected chi connectivity index (χ0v) is 11.6. The van der Waals surface area contributed by atoms with Crippen LogP contribution in [-0.2, 0) is 16.6 Å². The van der Waals surface area contributed by atoms with Gasteiger partial charge in [0.1, 0.15) is 11.6 Å². The van der Waals surface area contributed by atoms with Gasteiger partial charge < -0.3 is 5.11 Å². The Balaban J connectivity index is 2.22. The van der Waals surface area contributed by atoms with Crippen LogP contribution in [0.2, 0.25) is 0 Å². The van der Waals surface area contributed by atoms with Crippen LogP contribution in [0, 0.1) is 12.7 Å².